The fraction of sp³-hybridized carbons (Fsp3) is 0.429. The van der Waals surface area contributed by atoms with E-state index >= 15 is 0 Å². The molecule has 1 saturated heterocycles. The van der Waals surface area contributed by atoms with Crippen LogP contribution in [0.4, 0.5) is 0 Å². The Kier molecular flexibility index (Phi) is 6.16. The Morgan fingerprint density at radius 1 is 1.00 bits per heavy atom. The lowest BCUT2D eigenvalue weighted by molar-refractivity contribution is 0.00578. The van der Waals surface area contributed by atoms with Gasteiger partial charge in [-0.05, 0) is 51.0 Å². The molecular weight excluding hydrogens is 379 g/mol. The maximum atomic E-state index is 6.25. The average molecular weight is 405 g/mol. The second-order valence-corrected chi connectivity index (χ2v) is 9.14. The second-order valence-electron chi connectivity index (χ2n) is 7.75. The summed E-state index contributed by atoms with van der Waals surface area (Å²) in [5.74, 6) is 2.53. The first-order chi connectivity index (χ1) is 12.7. The fourth-order valence-corrected chi connectivity index (χ4v) is 4.19. The molecule has 0 N–H and O–H groups in total. The third kappa shape index (κ3) is 4.48. The van der Waals surface area contributed by atoms with Gasteiger partial charge in [-0.3, -0.25) is 0 Å². The number of hydrogen-bond donors (Lipinski definition) is 0. The molecule has 0 aromatic heterocycles. The van der Waals surface area contributed by atoms with Gasteiger partial charge in [-0.15, -0.1) is 0 Å². The predicted octanol–water partition coefficient (Wildman–Crippen LogP) is 5.08. The van der Waals surface area contributed by atoms with E-state index in [4.69, 9.17) is 25.6 Å². The van der Waals surface area contributed by atoms with Gasteiger partial charge in [-0.2, -0.15) is 11.8 Å². The van der Waals surface area contributed by atoms with Gasteiger partial charge in [-0.25, -0.2) is 0 Å². The molecule has 2 aromatic rings. The lowest BCUT2D eigenvalue weighted by Gasteiger charge is -2.32. The summed E-state index contributed by atoms with van der Waals surface area (Å²) in [5, 5.41) is 0.817. The van der Waals surface area contributed by atoms with Crippen molar-refractivity contribution in [3.63, 3.8) is 0 Å². The average Bonchev–Trinajstić information content (AvgIpc) is 2.84. The van der Waals surface area contributed by atoms with Gasteiger partial charge in [0.2, 0.25) is 0 Å². The van der Waals surface area contributed by atoms with Crippen molar-refractivity contribution >= 4 is 35.9 Å². The Morgan fingerprint density at radius 3 is 2.30 bits per heavy atom. The van der Waals surface area contributed by atoms with Gasteiger partial charge in [0.25, 0.3) is 0 Å². The van der Waals surface area contributed by atoms with Gasteiger partial charge < -0.3 is 14.0 Å². The summed E-state index contributed by atoms with van der Waals surface area (Å²) in [5.41, 5.74) is 2.54. The molecule has 0 unspecified atom stereocenters. The van der Waals surface area contributed by atoms with Crippen LogP contribution in [0, 0.1) is 0 Å². The van der Waals surface area contributed by atoms with Crippen LogP contribution in [0.25, 0.3) is 0 Å². The molecule has 27 heavy (non-hydrogen) atoms. The third-order valence-corrected chi connectivity index (χ3v) is 6.71. The molecule has 1 fully saturated rings. The van der Waals surface area contributed by atoms with Crippen LogP contribution in [0.3, 0.4) is 0 Å². The van der Waals surface area contributed by atoms with Crippen LogP contribution in [0.5, 0.6) is 5.75 Å². The van der Waals surface area contributed by atoms with E-state index < -0.39 is 7.12 Å². The maximum Gasteiger partial charge on any atom is 0.498 e. The molecule has 1 aliphatic rings. The molecule has 3 rings (SSSR count). The first-order valence-electron chi connectivity index (χ1n) is 9.07. The van der Waals surface area contributed by atoms with E-state index in [1.54, 1.807) is 7.11 Å². The van der Waals surface area contributed by atoms with E-state index in [0.717, 1.165) is 33.3 Å². The Bertz CT molecular complexity index is 794. The molecule has 0 radical (unpaired) electrons. The van der Waals surface area contributed by atoms with Crippen molar-refractivity contribution in [3.05, 3.63) is 58.6 Å². The van der Waals surface area contributed by atoms with Crippen LogP contribution in [0.2, 0.25) is 5.02 Å². The summed E-state index contributed by atoms with van der Waals surface area (Å²) in [7, 11) is 1.24. The van der Waals surface area contributed by atoms with Crippen molar-refractivity contribution in [2.45, 2.75) is 50.4 Å². The SMILES string of the molecule is COc1ccc(CSCc2ccccc2Cl)cc1B1OC(C)(C)C(C)(C)O1. The first-order valence-corrected chi connectivity index (χ1v) is 10.6. The lowest BCUT2D eigenvalue weighted by atomic mass is 9.77. The number of halogens is 1. The molecule has 0 atom stereocenters. The smallest absolute Gasteiger partial charge is 0.497 e. The second kappa shape index (κ2) is 8.08. The molecule has 3 nitrogen and oxygen atoms in total. The van der Waals surface area contributed by atoms with Crippen LogP contribution in [0.15, 0.2) is 42.5 Å². The molecule has 1 aliphatic heterocycles. The highest BCUT2D eigenvalue weighted by molar-refractivity contribution is 7.97. The van der Waals surface area contributed by atoms with Crippen molar-refractivity contribution < 1.29 is 14.0 Å². The predicted molar refractivity (Wildman–Crippen MR) is 115 cm³/mol. The molecule has 0 aliphatic carbocycles. The monoisotopic (exact) mass is 404 g/mol. The van der Waals surface area contributed by atoms with Crippen LogP contribution in [-0.4, -0.2) is 25.4 Å². The Hall–Kier alpha value is -1.14. The van der Waals surface area contributed by atoms with Crippen LogP contribution >= 0.6 is 23.4 Å². The molecule has 0 saturated carbocycles. The highest BCUT2D eigenvalue weighted by atomic mass is 35.5. The number of benzene rings is 2. The maximum absolute atomic E-state index is 6.25. The van der Waals surface area contributed by atoms with Gasteiger partial charge in [0, 0.05) is 22.0 Å². The summed E-state index contributed by atoms with van der Waals surface area (Å²) in [4.78, 5) is 0. The van der Waals surface area contributed by atoms with Crippen molar-refractivity contribution in [2.24, 2.45) is 0 Å². The quantitative estimate of drug-likeness (QED) is 0.627. The molecule has 1 heterocycles. The van der Waals surface area contributed by atoms with Gasteiger partial charge in [-0.1, -0.05) is 41.9 Å². The number of thioether (sulfide) groups is 1. The molecule has 144 valence electrons. The molecular formula is C21H26BClO3S. The largest absolute Gasteiger partial charge is 0.498 e. The number of hydrogen-bond acceptors (Lipinski definition) is 4. The minimum absolute atomic E-state index is 0.377. The number of ether oxygens (including phenoxy) is 1. The van der Waals surface area contributed by atoms with Gasteiger partial charge in [0.1, 0.15) is 5.75 Å². The zero-order valence-electron chi connectivity index (χ0n) is 16.5. The summed E-state index contributed by atoms with van der Waals surface area (Å²) < 4.78 is 18.0. The van der Waals surface area contributed by atoms with Gasteiger partial charge in [0.15, 0.2) is 0 Å². The fourth-order valence-electron chi connectivity index (χ4n) is 2.92. The van der Waals surface area contributed by atoms with E-state index in [2.05, 4.69) is 45.9 Å². The third-order valence-electron chi connectivity index (χ3n) is 5.29. The van der Waals surface area contributed by atoms with Crippen molar-refractivity contribution in [2.75, 3.05) is 7.11 Å². The zero-order valence-corrected chi connectivity index (χ0v) is 18.1. The molecule has 0 bridgehead atoms. The van der Waals surface area contributed by atoms with Crippen LogP contribution in [-0.2, 0) is 20.8 Å². The Balaban J connectivity index is 1.73. The molecule has 2 aromatic carbocycles. The highest BCUT2D eigenvalue weighted by Gasteiger charge is 2.52. The van der Waals surface area contributed by atoms with Crippen molar-refractivity contribution in [1.29, 1.82) is 0 Å². The molecule has 0 spiro atoms. The Morgan fingerprint density at radius 2 is 1.67 bits per heavy atom. The lowest BCUT2D eigenvalue weighted by Crippen LogP contribution is -2.41. The van der Waals surface area contributed by atoms with Crippen LogP contribution in [0.1, 0.15) is 38.8 Å². The minimum atomic E-state index is -0.432. The Labute approximate surface area is 171 Å². The summed E-state index contributed by atoms with van der Waals surface area (Å²) in [6, 6.07) is 14.2. The van der Waals surface area contributed by atoms with E-state index in [0.29, 0.717) is 0 Å². The highest BCUT2D eigenvalue weighted by Crippen LogP contribution is 2.37. The molecule has 6 heteroatoms. The summed E-state index contributed by atoms with van der Waals surface area (Å²) in [6.45, 7) is 8.23. The van der Waals surface area contributed by atoms with Gasteiger partial charge in [0.05, 0.1) is 18.3 Å². The van der Waals surface area contributed by atoms with Crippen LogP contribution < -0.4 is 10.2 Å². The zero-order chi connectivity index (χ0) is 19.7. The van der Waals surface area contributed by atoms with Gasteiger partial charge >= 0.3 is 7.12 Å². The standard InChI is InChI=1S/C21H26BClO3S/c1-20(2)21(3,4)26-22(25-20)17-12-15(10-11-19(17)24-5)13-27-14-16-8-6-7-9-18(16)23/h6-12H,13-14H2,1-5H3. The number of rotatable bonds is 6. The van der Waals surface area contributed by atoms with E-state index in [9.17, 15) is 0 Å². The number of methoxy groups -OCH3 is 1. The molecule has 0 amide bonds. The minimum Gasteiger partial charge on any atom is -0.497 e. The van der Waals surface area contributed by atoms with E-state index in [1.165, 1.54) is 5.56 Å². The van der Waals surface area contributed by atoms with Crippen molar-refractivity contribution in [3.8, 4) is 5.75 Å². The van der Waals surface area contributed by atoms with E-state index in [-0.39, 0.29) is 11.2 Å². The van der Waals surface area contributed by atoms with Crippen molar-refractivity contribution in [1.82, 2.24) is 0 Å². The normalized spacial score (nSPS) is 17.9. The summed E-state index contributed by atoms with van der Waals surface area (Å²) in [6.07, 6.45) is 0. The van der Waals surface area contributed by atoms with E-state index in [1.807, 2.05) is 36.0 Å². The summed E-state index contributed by atoms with van der Waals surface area (Å²) >= 11 is 8.08. The first kappa shape index (κ1) is 20.6. The topological polar surface area (TPSA) is 27.7 Å².